The molecule has 0 fully saturated rings. The molecule has 1 heterocycles. The molecule has 5 heteroatoms. The van der Waals surface area contributed by atoms with E-state index in [0.717, 1.165) is 21.7 Å². The molecule has 0 unspecified atom stereocenters. The van der Waals surface area contributed by atoms with Gasteiger partial charge in [0, 0.05) is 18.1 Å². The molecule has 1 N–H and O–H groups in total. The molecule has 0 aliphatic carbocycles. The summed E-state index contributed by atoms with van der Waals surface area (Å²) in [5.41, 5.74) is 2.26. The van der Waals surface area contributed by atoms with Gasteiger partial charge in [-0.05, 0) is 24.6 Å². The van der Waals surface area contributed by atoms with Crippen LogP contribution in [0.25, 0.3) is 10.2 Å². The maximum absolute atomic E-state index is 4.98. The number of anilines is 1. The number of hydrogen-bond acceptors (Lipinski definition) is 4. The zero-order valence-electron chi connectivity index (χ0n) is 9.21. The van der Waals surface area contributed by atoms with Gasteiger partial charge in [0.2, 0.25) is 0 Å². The SMILES string of the molecule is COCCNc1nc2cc(C)c(Br)cc2s1. The van der Waals surface area contributed by atoms with Gasteiger partial charge < -0.3 is 10.1 Å². The maximum atomic E-state index is 4.98. The number of fused-ring (bicyclic) bond motifs is 1. The van der Waals surface area contributed by atoms with Gasteiger partial charge in [-0.2, -0.15) is 0 Å². The molecule has 0 spiro atoms. The molecule has 3 nitrogen and oxygen atoms in total. The van der Waals surface area contributed by atoms with Crippen LogP contribution in [0.4, 0.5) is 5.13 Å². The molecule has 0 aliphatic rings. The quantitative estimate of drug-likeness (QED) is 0.879. The molecule has 16 heavy (non-hydrogen) atoms. The van der Waals surface area contributed by atoms with Crippen molar-refractivity contribution in [1.82, 2.24) is 4.98 Å². The van der Waals surface area contributed by atoms with Crippen LogP contribution in [0, 0.1) is 6.92 Å². The number of rotatable bonds is 4. The number of halogens is 1. The molecular formula is C11H13BrN2OS. The number of hydrogen-bond donors (Lipinski definition) is 1. The van der Waals surface area contributed by atoms with E-state index in [9.17, 15) is 0 Å². The minimum atomic E-state index is 0.693. The molecule has 86 valence electrons. The Labute approximate surface area is 107 Å². The molecule has 0 aliphatic heterocycles. The van der Waals surface area contributed by atoms with E-state index in [1.54, 1.807) is 18.4 Å². The monoisotopic (exact) mass is 300 g/mol. The fraction of sp³-hybridized carbons (Fsp3) is 0.364. The van der Waals surface area contributed by atoms with Crippen molar-refractivity contribution in [3.8, 4) is 0 Å². The van der Waals surface area contributed by atoms with E-state index in [4.69, 9.17) is 4.74 Å². The highest BCUT2D eigenvalue weighted by molar-refractivity contribution is 9.10. The first kappa shape index (κ1) is 11.8. The summed E-state index contributed by atoms with van der Waals surface area (Å²) in [6.45, 7) is 3.55. The summed E-state index contributed by atoms with van der Waals surface area (Å²) >= 11 is 5.19. The molecule has 1 aromatic carbocycles. The van der Waals surface area contributed by atoms with Gasteiger partial charge >= 0.3 is 0 Å². The Balaban J connectivity index is 2.23. The summed E-state index contributed by atoms with van der Waals surface area (Å²) < 4.78 is 7.31. The van der Waals surface area contributed by atoms with Crippen molar-refractivity contribution in [1.29, 1.82) is 0 Å². The Kier molecular flexibility index (Phi) is 3.78. The third kappa shape index (κ3) is 2.53. The molecule has 2 aromatic rings. The number of nitrogens with zero attached hydrogens (tertiary/aromatic N) is 1. The van der Waals surface area contributed by atoms with Gasteiger partial charge in [-0.25, -0.2) is 4.98 Å². The highest BCUT2D eigenvalue weighted by Gasteiger charge is 2.05. The average Bonchev–Trinajstić information content (AvgIpc) is 2.61. The van der Waals surface area contributed by atoms with Gasteiger partial charge in [-0.1, -0.05) is 27.3 Å². The molecule has 0 saturated carbocycles. The normalized spacial score (nSPS) is 10.9. The molecule has 0 saturated heterocycles. The van der Waals surface area contributed by atoms with Crippen LogP contribution in [-0.2, 0) is 4.74 Å². The number of aromatic nitrogens is 1. The number of aryl methyl sites for hydroxylation is 1. The Hall–Kier alpha value is -0.650. The van der Waals surface area contributed by atoms with E-state index >= 15 is 0 Å². The predicted octanol–water partition coefficient (Wildman–Crippen LogP) is 3.43. The van der Waals surface area contributed by atoms with Gasteiger partial charge in [-0.15, -0.1) is 0 Å². The zero-order valence-corrected chi connectivity index (χ0v) is 11.6. The number of methoxy groups -OCH3 is 1. The third-order valence-electron chi connectivity index (χ3n) is 2.25. The number of ether oxygens (including phenoxy) is 1. The van der Waals surface area contributed by atoms with Crippen molar-refractivity contribution >= 4 is 42.6 Å². The van der Waals surface area contributed by atoms with E-state index in [-0.39, 0.29) is 0 Å². The molecule has 0 radical (unpaired) electrons. The lowest BCUT2D eigenvalue weighted by molar-refractivity contribution is 0.211. The maximum Gasteiger partial charge on any atom is 0.183 e. The first-order valence-electron chi connectivity index (χ1n) is 5.00. The molecule has 1 aromatic heterocycles. The summed E-state index contributed by atoms with van der Waals surface area (Å²) in [6.07, 6.45) is 0. The Morgan fingerprint density at radius 2 is 2.31 bits per heavy atom. The predicted molar refractivity (Wildman–Crippen MR) is 72.4 cm³/mol. The summed E-state index contributed by atoms with van der Waals surface area (Å²) in [7, 11) is 1.69. The molecule has 0 amide bonds. The lowest BCUT2D eigenvalue weighted by Crippen LogP contribution is -2.06. The highest BCUT2D eigenvalue weighted by Crippen LogP contribution is 2.30. The fourth-order valence-corrected chi connectivity index (χ4v) is 2.80. The Bertz CT molecular complexity index is 459. The van der Waals surface area contributed by atoms with Crippen LogP contribution in [0.2, 0.25) is 0 Å². The fourth-order valence-electron chi connectivity index (χ4n) is 1.39. The van der Waals surface area contributed by atoms with Gasteiger partial charge in [0.15, 0.2) is 5.13 Å². The van der Waals surface area contributed by atoms with Crippen LogP contribution >= 0.6 is 27.3 Å². The van der Waals surface area contributed by atoms with Gasteiger partial charge in [-0.3, -0.25) is 0 Å². The van der Waals surface area contributed by atoms with Crippen LogP contribution < -0.4 is 5.32 Å². The zero-order chi connectivity index (χ0) is 11.5. The smallest absolute Gasteiger partial charge is 0.183 e. The molecule has 0 bridgehead atoms. The Morgan fingerprint density at radius 3 is 3.06 bits per heavy atom. The second-order valence-electron chi connectivity index (χ2n) is 3.51. The lowest BCUT2D eigenvalue weighted by Gasteiger charge is -1.99. The van der Waals surface area contributed by atoms with Crippen LogP contribution in [0.1, 0.15) is 5.56 Å². The number of nitrogens with one attached hydrogen (secondary N) is 1. The third-order valence-corrected chi connectivity index (χ3v) is 4.08. The van der Waals surface area contributed by atoms with Crippen LogP contribution in [0.3, 0.4) is 0 Å². The van der Waals surface area contributed by atoms with Gasteiger partial charge in [0.1, 0.15) is 0 Å². The van der Waals surface area contributed by atoms with Gasteiger partial charge in [0.25, 0.3) is 0 Å². The van der Waals surface area contributed by atoms with E-state index in [0.29, 0.717) is 6.61 Å². The summed E-state index contributed by atoms with van der Waals surface area (Å²) in [5.74, 6) is 0. The lowest BCUT2D eigenvalue weighted by atomic mass is 10.2. The average molecular weight is 301 g/mol. The standard InChI is InChI=1S/C11H13BrN2OS/c1-7-5-9-10(6-8(7)12)16-11(14-9)13-3-4-15-2/h5-6H,3-4H2,1-2H3,(H,13,14). The summed E-state index contributed by atoms with van der Waals surface area (Å²) in [5, 5.41) is 4.19. The van der Waals surface area contributed by atoms with E-state index < -0.39 is 0 Å². The van der Waals surface area contributed by atoms with Crippen molar-refractivity contribution in [3.05, 3.63) is 22.2 Å². The van der Waals surface area contributed by atoms with Crippen molar-refractivity contribution < 1.29 is 4.74 Å². The topological polar surface area (TPSA) is 34.1 Å². The van der Waals surface area contributed by atoms with Gasteiger partial charge in [0.05, 0.1) is 16.8 Å². The van der Waals surface area contributed by atoms with Crippen molar-refractivity contribution in [2.75, 3.05) is 25.6 Å². The second kappa shape index (κ2) is 5.12. The number of benzene rings is 1. The van der Waals surface area contributed by atoms with Crippen LogP contribution in [0.5, 0.6) is 0 Å². The van der Waals surface area contributed by atoms with Crippen LogP contribution in [-0.4, -0.2) is 25.2 Å². The van der Waals surface area contributed by atoms with Crippen molar-refractivity contribution in [2.45, 2.75) is 6.92 Å². The largest absolute Gasteiger partial charge is 0.383 e. The summed E-state index contributed by atoms with van der Waals surface area (Å²) in [4.78, 5) is 4.52. The summed E-state index contributed by atoms with van der Waals surface area (Å²) in [6, 6.07) is 4.21. The minimum Gasteiger partial charge on any atom is -0.383 e. The van der Waals surface area contributed by atoms with Crippen molar-refractivity contribution in [3.63, 3.8) is 0 Å². The molecule has 0 atom stereocenters. The van der Waals surface area contributed by atoms with E-state index in [2.05, 4.69) is 45.3 Å². The van der Waals surface area contributed by atoms with Crippen molar-refractivity contribution in [2.24, 2.45) is 0 Å². The van der Waals surface area contributed by atoms with E-state index in [1.807, 2.05) is 0 Å². The minimum absolute atomic E-state index is 0.693. The van der Waals surface area contributed by atoms with Crippen LogP contribution in [0.15, 0.2) is 16.6 Å². The number of thiazole rings is 1. The molecular weight excluding hydrogens is 288 g/mol. The highest BCUT2D eigenvalue weighted by atomic mass is 79.9. The second-order valence-corrected chi connectivity index (χ2v) is 5.39. The first-order valence-corrected chi connectivity index (χ1v) is 6.61. The molecule has 2 rings (SSSR count). The Morgan fingerprint density at radius 1 is 1.50 bits per heavy atom. The first-order chi connectivity index (χ1) is 7.70. The van der Waals surface area contributed by atoms with E-state index in [1.165, 1.54) is 10.3 Å².